The minimum Gasteiger partial charge on any atom is -0.481 e. The summed E-state index contributed by atoms with van der Waals surface area (Å²) < 4.78 is 0. The first-order chi connectivity index (χ1) is 10.0. The van der Waals surface area contributed by atoms with Gasteiger partial charge in [-0.05, 0) is 24.7 Å². The lowest BCUT2D eigenvalue weighted by Crippen LogP contribution is -2.47. The van der Waals surface area contributed by atoms with Gasteiger partial charge in [0.05, 0.1) is 12.5 Å². The molecule has 0 radical (unpaired) electrons. The molecule has 0 aromatic heterocycles. The average Bonchev–Trinajstić information content (AvgIpc) is 2.45. The first-order valence-electron chi connectivity index (χ1n) is 7.73. The Balaban J connectivity index is 2.50. The van der Waals surface area contributed by atoms with Gasteiger partial charge in [-0.25, -0.2) is 4.79 Å². The molecule has 0 aliphatic heterocycles. The number of terminal acetylenes is 1. The lowest BCUT2D eigenvalue weighted by molar-refractivity contribution is -0.140. The molecular formula is C16H26N2O3. The van der Waals surface area contributed by atoms with Gasteiger partial charge in [0.15, 0.2) is 0 Å². The molecular weight excluding hydrogens is 268 g/mol. The Kier molecular flexibility index (Phi) is 7.07. The van der Waals surface area contributed by atoms with Gasteiger partial charge in [0.25, 0.3) is 0 Å². The first kappa shape index (κ1) is 17.4. The van der Waals surface area contributed by atoms with Gasteiger partial charge in [0.2, 0.25) is 0 Å². The van der Waals surface area contributed by atoms with E-state index in [0.717, 1.165) is 44.9 Å². The number of carboxylic acids is 1. The highest BCUT2D eigenvalue weighted by Gasteiger charge is 2.34. The Hall–Kier alpha value is -1.70. The van der Waals surface area contributed by atoms with E-state index in [2.05, 4.69) is 16.6 Å². The van der Waals surface area contributed by atoms with Crippen LogP contribution >= 0.6 is 0 Å². The average molecular weight is 294 g/mol. The standard InChI is InChI=1S/C16H26N2O3/c1-3-8-13(4-2)18-15(21)17-12-16(11-14(19)20)9-6-5-7-10-16/h2,13H,3,5-12H2,1H3,(H,19,20)(H2,17,18,21). The van der Waals surface area contributed by atoms with E-state index in [1.807, 2.05) is 6.92 Å². The van der Waals surface area contributed by atoms with Crippen molar-refractivity contribution in [2.45, 2.75) is 64.3 Å². The smallest absolute Gasteiger partial charge is 0.315 e. The van der Waals surface area contributed by atoms with Gasteiger partial charge in [0.1, 0.15) is 0 Å². The molecule has 1 atom stereocenters. The molecule has 0 spiro atoms. The Bertz CT molecular complexity index is 395. The van der Waals surface area contributed by atoms with Gasteiger partial charge in [-0.3, -0.25) is 4.79 Å². The van der Waals surface area contributed by atoms with Crippen LogP contribution < -0.4 is 10.6 Å². The van der Waals surface area contributed by atoms with Crippen molar-refractivity contribution in [3.05, 3.63) is 0 Å². The molecule has 3 N–H and O–H groups in total. The van der Waals surface area contributed by atoms with Crippen LogP contribution in [0.1, 0.15) is 58.3 Å². The fourth-order valence-corrected chi connectivity index (χ4v) is 3.00. The van der Waals surface area contributed by atoms with Gasteiger partial charge in [-0.15, -0.1) is 6.42 Å². The van der Waals surface area contributed by atoms with Crippen LogP contribution in [0.3, 0.4) is 0 Å². The van der Waals surface area contributed by atoms with E-state index < -0.39 is 5.97 Å². The topological polar surface area (TPSA) is 78.4 Å². The molecule has 0 aromatic rings. The van der Waals surface area contributed by atoms with Crippen molar-refractivity contribution in [3.63, 3.8) is 0 Å². The zero-order valence-electron chi connectivity index (χ0n) is 12.8. The summed E-state index contributed by atoms with van der Waals surface area (Å²) in [5.41, 5.74) is -0.308. The third-order valence-corrected chi connectivity index (χ3v) is 4.15. The molecule has 1 aliphatic rings. The molecule has 118 valence electrons. The zero-order valence-corrected chi connectivity index (χ0v) is 12.8. The zero-order chi connectivity index (χ0) is 15.7. The first-order valence-corrected chi connectivity index (χ1v) is 7.73. The quantitative estimate of drug-likeness (QED) is 0.631. The largest absolute Gasteiger partial charge is 0.481 e. The number of urea groups is 1. The van der Waals surface area contributed by atoms with Gasteiger partial charge in [-0.1, -0.05) is 38.5 Å². The van der Waals surface area contributed by atoms with Crippen molar-refractivity contribution in [2.75, 3.05) is 6.54 Å². The Morgan fingerprint density at radius 3 is 2.52 bits per heavy atom. The van der Waals surface area contributed by atoms with Crippen molar-refractivity contribution in [3.8, 4) is 12.3 Å². The molecule has 0 bridgehead atoms. The van der Waals surface area contributed by atoms with E-state index in [0.29, 0.717) is 6.54 Å². The molecule has 0 saturated heterocycles. The monoisotopic (exact) mass is 294 g/mol. The number of rotatable bonds is 7. The SMILES string of the molecule is C#CC(CCC)NC(=O)NCC1(CC(=O)O)CCCCC1. The second kappa shape index (κ2) is 8.56. The van der Waals surface area contributed by atoms with Crippen LogP contribution in [-0.4, -0.2) is 29.7 Å². The molecule has 21 heavy (non-hydrogen) atoms. The van der Waals surface area contributed by atoms with Crippen LogP contribution in [0.2, 0.25) is 0 Å². The maximum absolute atomic E-state index is 11.9. The highest BCUT2D eigenvalue weighted by atomic mass is 16.4. The fourth-order valence-electron chi connectivity index (χ4n) is 3.00. The van der Waals surface area contributed by atoms with Crippen molar-refractivity contribution in [2.24, 2.45) is 5.41 Å². The predicted molar refractivity (Wildman–Crippen MR) is 81.8 cm³/mol. The second-order valence-electron chi connectivity index (χ2n) is 5.97. The fraction of sp³-hybridized carbons (Fsp3) is 0.750. The number of amides is 2. The van der Waals surface area contributed by atoms with Crippen molar-refractivity contribution >= 4 is 12.0 Å². The summed E-state index contributed by atoms with van der Waals surface area (Å²) in [5.74, 6) is 1.75. The highest BCUT2D eigenvalue weighted by Crippen LogP contribution is 2.38. The molecule has 2 amide bonds. The van der Waals surface area contributed by atoms with Crippen LogP contribution in [0.4, 0.5) is 4.79 Å². The van der Waals surface area contributed by atoms with Crippen molar-refractivity contribution in [1.82, 2.24) is 10.6 Å². The molecule has 5 nitrogen and oxygen atoms in total. The van der Waals surface area contributed by atoms with E-state index in [1.54, 1.807) is 0 Å². The van der Waals surface area contributed by atoms with Crippen molar-refractivity contribution in [1.29, 1.82) is 0 Å². The van der Waals surface area contributed by atoms with Crippen LogP contribution in [0.5, 0.6) is 0 Å². The maximum Gasteiger partial charge on any atom is 0.315 e. The third-order valence-electron chi connectivity index (χ3n) is 4.15. The molecule has 1 fully saturated rings. The molecule has 0 aromatic carbocycles. The molecule has 1 saturated carbocycles. The molecule has 5 heteroatoms. The molecule has 0 heterocycles. The lowest BCUT2D eigenvalue weighted by Gasteiger charge is -2.36. The van der Waals surface area contributed by atoms with Gasteiger partial charge >= 0.3 is 12.0 Å². The summed E-state index contributed by atoms with van der Waals surface area (Å²) in [5, 5.41) is 14.7. The summed E-state index contributed by atoms with van der Waals surface area (Å²) in [6.07, 6.45) is 12.0. The van der Waals surface area contributed by atoms with E-state index in [-0.39, 0.29) is 23.9 Å². The lowest BCUT2D eigenvalue weighted by atomic mass is 9.72. The minimum absolute atomic E-state index is 0.112. The number of carbonyl (C=O) groups excluding carboxylic acids is 1. The summed E-state index contributed by atoms with van der Waals surface area (Å²) in [6.45, 7) is 2.41. The van der Waals surface area contributed by atoms with Crippen molar-refractivity contribution < 1.29 is 14.7 Å². The Labute approximate surface area is 126 Å². The molecule has 1 aliphatic carbocycles. The molecule has 1 unspecified atom stereocenters. The number of nitrogens with one attached hydrogen (secondary N) is 2. The van der Waals surface area contributed by atoms with E-state index in [1.165, 1.54) is 0 Å². The van der Waals surface area contributed by atoms with Crippen LogP contribution in [0.25, 0.3) is 0 Å². The number of aliphatic carboxylic acids is 1. The van der Waals surface area contributed by atoms with Gasteiger partial charge in [-0.2, -0.15) is 0 Å². The van der Waals surface area contributed by atoms with E-state index in [4.69, 9.17) is 11.5 Å². The highest BCUT2D eigenvalue weighted by molar-refractivity contribution is 5.75. The van der Waals surface area contributed by atoms with Gasteiger partial charge in [0, 0.05) is 6.54 Å². The Morgan fingerprint density at radius 2 is 2.00 bits per heavy atom. The van der Waals surface area contributed by atoms with E-state index >= 15 is 0 Å². The van der Waals surface area contributed by atoms with Gasteiger partial charge < -0.3 is 15.7 Å². The summed E-state index contributed by atoms with van der Waals surface area (Å²) in [4.78, 5) is 23.0. The minimum atomic E-state index is -0.799. The number of hydrogen-bond acceptors (Lipinski definition) is 2. The van der Waals surface area contributed by atoms with Crippen LogP contribution in [-0.2, 0) is 4.79 Å². The maximum atomic E-state index is 11.9. The number of carbonyl (C=O) groups is 2. The van der Waals surface area contributed by atoms with E-state index in [9.17, 15) is 9.59 Å². The number of carboxylic acid groups (broad SMARTS) is 1. The van der Waals surface area contributed by atoms with Crippen LogP contribution in [0.15, 0.2) is 0 Å². The normalized spacial score (nSPS) is 18.3. The molecule has 1 rings (SSSR count). The summed E-state index contributed by atoms with van der Waals surface area (Å²) in [7, 11) is 0. The van der Waals surface area contributed by atoms with Crippen LogP contribution in [0, 0.1) is 17.8 Å². The number of hydrogen-bond donors (Lipinski definition) is 3. The predicted octanol–water partition coefficient (Wildman–Crippen LogP) is 2.51. The summed E-state index contributed by atoms with van der Waals surface area (Å²) in [6, 6.07) is -0.571. The third kappa shape index (κ3) is 6.07. The summed E-state index contributed by atoms with van der Waals surface area (Å²) >= 11 is 0. The Morgan fingerprint density at radius 1 is 1.33 bits per heavy atom. The second-order valence-corrected chi connectivity index (χ2v) is 5.97.